The van der Waals surface area contributed by atoms with E-state index in [1.54, 1.807) is 108 Å². The van der Waals surface area contributed by atoms with Gasteiger partial charge >= 0.3 is 27.4 Å². The van der Waals surface area contributed by atoms with Crippen molar-refractivity contribution < 1.29 is 46.3 Å². The maximum absolute atomic E-state index is 14.7. The molecule has 4 aromatic carbocycles. The van der Waals surface area contributed by atoms with Crippen molar-refractivity contribution in [3.63, 3.8) is 0 Å². The predicted octanol–water partition coefficient (Wildman–Crippen LogP) is 7.20. The summed E-state index contributed by atoms with van der Waals surface area (Å²) < 4.78 is 66.0. The third-order valence-corrected chi connectivity index (χ3v) is 12.7. The van der Waals surface area contributed by atoms with Gasteiger partial charge in [0, 0.05) is 26.6 Å². The summed E-state index contributed by atoms with van der Waals surface area (Å²) in [7, 11) is -5.31. The number of aryl methyl sites for hydroxylation is 1. The fourth-order valence-corrected chi connectivity index (χ4v) is 9.12. The molecule has 0 aliphatic carbocycles. The second-order valence-corrected chi connectivity index (χ2v) is 18.5. The number of aromatic nitrogens is 4. The molecule has 348 valence electrons. The summed E-state index contributed by atoms with van der Waals surface area (Å²) in [4.78, 5) is 56.6. The lowest BCUT2D eigenvalue weighted by Crippen LogP contribution is -2.36. The predicted molar refractivity (Wildman–Crippen MR) is 247 cm³/mol. The van der Waals surface area contributed by atoms with Gasteiger partial charge in [-0.05, 0) is 55.7 Å². The van der Waals surface area contributed by atoms with Crippen molar-refractivity contribution in [2.24, 2.45) is 10.9 Å². The van der Waals surface area contributed by atoms with Gasteiger partial charge in [-0.1, -0.05) is 97.1 Å². The van der Waals surface area contributed by atoms with Crippen molar-refractivity contribution in [2.75, 3.05) is 27.3 Å². The van der Waals surface area contributed by atoms with Gasteiger partial charge in [0.25, 0.3) is 5.56 Å². The monoisotopic (exact) mass is 942 g/mol. The van der Waals surface area contributed by atoms with Gasteiger partial charge in [-0.2, -0.15) is 15.2 Å². The maximum atomic E-state index is 14.7. The fourth-order valence-electron chi connectivity index (χ4n) is 5.99. The smallest absolute Gasteiger partial charge is 0.459 e. The number of H-pyrrole nitrogens is 1. The van der Waals surface area contributed by atoms with Crippen molar-refractivity contribution >= 4 is 50.9 Å². The number of nitrogens with one attached hydrogen (secondary N) is 3. The summed E-state index contributed by atoms with van der Waals surface area (Å²) in [6.45, 7) is 2.27. The molecule has 6 rings (SSSR count). The SMILES string of the molecule is C[C@H](NP(=O)(OCC(CCn1cnc2c(=O)[nH]c(/N=C/N(C)C)nc21)COP(=O)(N[C@@H](C)C(=O)OCc1ccccc1)Oc1ccccc1)Oc1ccccc1)C(=O)OCc1ccccc1. The second-order valence-electron chi connectivity index (χ2n) is 15.1. The standard InChI is InChI=1S/C45H52N8O11P2/c1-33(43(55)59-27-35-17-9-5-10-18-35)50-65(57,63-38-21-13-7-14-22-38)61-29-37(25-26-53-32-46-40-41(53)48-45(49-42(40)54)47-31-52(3)4)30-62-66(58,64-39-23-15-8-16-24-39)51-34(2)44(56)60-28-36-19-11-6-12-20-36/h5-24,31-34,37H,25-30H2,1-4H3,(H,50,57)(H,51,58)(H,48,49,54)/b47-31+/t33-,34-,37?,65?,66?/m0/s1. The van der Waals surface area contributed by atoms with Crippen LogP contribution in [0.1, 0.15) is 31.4 Å². The number of carbonyl (C=O) groups excluding carboxylic acids is 2. The number of hydrogen-bond acceptors (Lipinski definition) is 14. The Morgan fingerprint density at radius 3 is 1.65 bits per heavy atom. The Morgan fingerprint density at radius 1 is 0.742 bits per heavy atom. The average molecular weight is 943 g/mol. The Morgan fingerprint density at radius 2 is 1.20 bits per heavy atom. The molecule has 0 fully saturated rings. The molecule has 0 aliphatic rings. The van der Waals surface area contributed by atoms with Crippen LogP contribution in [0.25, 0.3) is 11.2 Å². The highest BCUT2D eigenvalue weighted by atomic mass is 31.2. The van der Waals surface area contributed by atoms with Gasteiger partial charge in [0.2, 0.25) is 5.95 Å². The molecule has 0 aliphatic heterocycles. The maximum Gasteiger partial charge on any atom is 0.459 e. The van der Waals surface area contributed by atoms with E-state index in [0.29, 0.717) is 0 Å². The van der Waals surface area contributed by atoms with E-state index in [1.807, 2.05) is 36.4 Å². The first-order valence-corrected chi connectivity index (χ1v) is 24.0. The zero-order chi connectivity index (χ0) is 46.9. The molecule has 0 spiro atoms. The van der Waals surface area contributed by atoms with E-state index < -0.39 is 51.0 Å². The van der Waals surface area contributed by atoms with Crippen LogP contribution in [-0.4, -0.2) is 82.1 Å². The molecular weight excluding hydrogens is 890 g/mol. The van der Waals surface area contributed by atoms with Crippen LogP contribution in [0.4, 0.5) is 5.95 Å². The molecule has 0 saturated heterocycles. The van der Waals surface area contributed by atoms with Crippen LogP contribution in [0.2, 0.25) is 0 Å². The summed E-state index contributed by atoms with van der Waals surface area (Å²) in [5.74, 6) is -1.81. The molecule has 2 aromatic heterocycles. The number of imidazole rings is 1. The van der Waals surface area contributed by atoms with Crippen LogP contribution >= 0.6 is 15.5 Å². The van der Waals surface area contributed by atoms with Crippen molar-refractivity contribution in [1.29, 1.82) is 0 Å². The van der Waals surface area contributed by atoms with Gasteiger partial charge in [0.05, 0.1) is 25.9 Å². The third-order valence-electron chi connectivity index (χ3n) is 9.41. The van der Waals surface area contributed by atoms with Crippen molar-refractivity contribution in [1.82, 2.24) is 34.6 Å². The van der Waals surface area contributed by atoms with Crippen molar-refractivity contribution in [3.8, 4) is 11.5 Å². The Hall–Kier alpha value is -6.46. The molecule has 4 atom stereocenters. The van der Waals surface area contributed by atoms with E-state index in [4.69, 9.17) is 27.6 Å². The normalized spacial score (nSPS) is 14.7. The average Bonchev–Trinajstić information content (AvgIpc) is 3.73. The molecule has 66 heavy (non-hydrogen) atoms. The summed E-state index contributed by atoms with van der Waals surface area (Å²) in [6.07, 6.45) is 3.07. The Bertz CT molecular complexity index is 2550. The molecule has 3 N–H and O–H groups in total. The number of ether oxygens (including phenoxy) is 2. The number of esters is 2. The minimum Gasteiger partial charge on any atom is -0.460 e. The molecule has 0 amide bonds. The fraction of sp³-hybridized carbons (Fsp3) is 0.289. The Balaban J connectivity index is 1.25. The number of para-hydroxylation sites is 2. The molecule has 19 nitrogen and oxygen atoms in total. The van der Waals surface area contributed by atoms with Crippen LogP contribution in [0.3, 0.4) is 0 Å². The number of aromatic amines is 1. The van der Waals surface area contributed by atoms with Gasteiger partial charge < -0.3 is 28.0 Å². The van der Waals surface area contributed by atoms with E-state index >= 15 is 0 Å². The Kier molecular flexibility index (Phi) is 17.5. The van der Waals surface area contributed by atoms with E-state index in [0.717, 1.165) is 11.1 Å². The highest BCUT2D eigenvalue weighted by Gasteiger charge is 2.36. The highest BCUT2D eigenvalue weighted by molar-refractivity contribution is 7.52. The van der Waals surface area contributed by atoms with E-state index in [-0.39, 0.29) is 68.0 Å². The number of carbonyl (C=O) groups is 2. The highest BCUT2D eigenvalue weighted by Crippen LogP contribution is 2.48. The first-order valence-electron chi connectivity index (χ1n) is 20.9. The molecular formula is C45H52N8O11P2. The van der Waals surface area contributed by atoms with Crippen molar-refractivity contribution in [3.05, 3.63) is 149 Å². The zero-order valence-corrected chi connectivity index (χ0v) is 38.6. The van der Waals surface area contributed by atoms with Crippen LogP contribution in [0.15, 0.2) is 137 Å². The van der Waals surface area contributed by atoms with E-state index in [9.17, 15) is 23.5 Å². The second kappa shape index (κ2) is 23.6. The minimum absolute atomic E-state index is 0.0224. The first kappa shape index (κ1) is 49.0. The molecule has 0 bridgehead atoms. The molecule has 0 saturated carbocycles. The summed E-state index contributed by atoms with van der Waals surface area (Å²) in [5, 5.41) is 5.40. The van der Waals surface area contributed by atoms with Gasteiger partial charge in [0.15, 0.2) is 11.2 Å². The molecule has 2 unspecified atom stereocenters. The van der Waals surface area contributed by atoms with Crippen LogP contribution in [-0.2, 0) is 57.0 Å². The van der Waals surface area contributed by atoms with Crippen molar-refractivity contribution in [2.45, 2.75) is 52.1 Å². The van der Waals surface area contributed by atoms with Crippen LogP contribution < -0.4 is 24.8 Å². The summed E-state index contributed by atoms with van der Waals surface area (Å²) >= 11 is 0. The zero-order valence-electron chi connectivity index (χ0n) is 36.8. The van der Waals surface area contributed by atoms with Gasteiger partial charge in [-0.15, -0.1) is 0 Å². The lowest BCUT2D eigenvalue weighted by atomic mass is 10.1. The minimum atomic E-state index is -4.42. The quantitative estimate of drug-likeness (QED) is 0.0223. The molecule has 0 radical (unpaired) electrons. The Labute approximate surface area is 381 Å². The topological polar surface area (TPSA) is 227 Å². The van der Waals surface area contributed by atoms with E-state index in [1.165, 1.54) is 26.5 Å². The number of hydrogen-bond donors (Lipinski definition) is 3. The van der Waals surface area contributed by atoms with Crippen LogP contribution in [0, 0.1) is 5.92 Å². The lowest BCUT2D eigenvalue weighted by molar-refractivity contribution is -0.147. The summed E-state index contributed by atoms with van der Waals surface area (Å²) in [5.41, 5.74) is 1.31. The first-order chi connectivity index (χ1) is 31.8. The van der Waals surface area contributed by atoms with Gasteiger partial charge in [0.1, 0.15) is 36.8 Å². The molecule has 2 heterocycles. The summed E-state index contributed by atoms with van der Waals surface area (Å²) in [6, 6.07) is 32.3. The van der Waals surface area contributed by atoms with E-state index in [2.05, 4.69) is 30.1 Å². The van der Waals surface area contributed by atoms with Gasteiger partial charge in [-0.3, -0.25) is 28.4 Å². The third kappa shape index (κ3) is 15.1. The van der Waals surface area contributed by atoms with Crippen LogP contribution in [0.5, 0.6) is 11.5 Å². The number of nitrogens with zero attached hydrogens (tertiary/aromatic N) is 5. The van der Waals surface area contributed by atoms with Gasteiger partial charge in [-0.25, -0.2) is 19.1 Å². The number of aliphatic imine (C=N–C) groups is 1. The lowest BCUT2D eigenvalue weighted by Gasteiger charge is -2.27. The molecule has 6 aromatic rings. The molecule has 21 heteroatoms. The largest absolute Gasteiger partial charge is 0.460 e. The number of fused-ring (bicyclic) bond motifs is 1. The number of rotatable bonds is 25. The number of benzene rings is 4.